The van der Waals surface area contributed by atoms with Crippen molar-refractivity contribution in [2.24, 2.45) is 0 Å². The standard InChI is InChI=1S/C11H17N3O3S/c1-7(2)8-6-18-9(14-8)5-13-11(17)12-4-3-10(15)16/h6-7H,3-5H2,1-2H3,(H,15,16)(H2,12,13,17). The van der Waals surface area contributed by atoms with Gasteiger partial charge in [0.15, 0.2) is 0 Å². The molecule has 2 amide bonds. The first-order chi connectivity index (χ1) is 8.49. The molecular formula is C11H17N3O3S. The van der Waals surface area contributed by atoms with Crippen LogP contribution >= 0.6 is 11.3 Å². The monoisotopic (exact) mass is 271 g/mol. The average molecular weight is 271 g/mol. The van der Waals surface area contributed by atoms with Gasteiger partial charge in [0, 0.05) is 11.9 Å². The molecule has 1 aromatic rings. The van der Waals surface area contributed by atoms with Gasteiger partial charge in [-0.1, -0.05) is 13.8 Å². The Labute approximate surface area is 109 Å². The molecule has 18 heavy (non-hydrogen) atoms. The van der Waals surface area contributed by atoms with E-state index in [0.717, 1.165) is 10.7 Å². The molecule has 0 aliphatic carbocycles. The van der Waals surface area contributed by atoms with E-state index in [-0.39, 0.29) is 19.0 Å². The lowest BCUT2D eigenvalue weighted by atomic mass is 10.2. The van der Waals surface area contributed by atoms with Crippen LogP contribution in [0, 0.1) is 0 Å². The van der Waals surface area contributed by atoms with Crippen molar-refractivity contribution < 1.29 is 14.7 Å². The number of hydrogen-bond acceptors (Lipinski definition) is 4. The second-order valence-corrected chi connectivity index (χ2v) is 5.02. The maximum Gasteiger partial charge on any atom is 0.315 e. The second kappa shape index (κ2) is 6.95. The van der Waals surface area contributed by atoms with Crippen LogP contribution in [0.4, 0.5) is 4.79 Å². The molecular weight excluding hydrogens is 254 g/mol. The third-order valence-corrected chi connectivity index (χ3v) is 3.05. The number of aliphatic carboxylic acids is 1. The van der Waals surface area contributed by atoms with Crippen LogP contribution in [0.1, 0.15) is 36.9 Å². The van der Waals surface area contributed by atoms with Gasteiger partial charge in [-0.05, 0) is 5.92 Å². The van der Waals surface area contributed by atoms with Crippen LogP contribution in [0.3, 0.4) is 0 Å². The van der Waals surface area contributed by atoms with Gasteiger partial charge in [0.25, 0.3) is 0 Å². The van der Waals surface area contributed by atoms with Gasteiger partial charge in [-0.2, -0.15) is 0 Å². The minimum Gasteiger partial charge on any atom is -0.481 e. The number of nitrogens with one attached hydrogen (secondary N) is 2. The summed E-state index contributed by atoms with van der Waals surface area (Å²) in [7, 11) is 0. The summed E-state index contributed by atoms with van der Waals surface area (Å²) in [5.74, 6) is -0.559. The van der Waals surface area contributed by atoms with Crippen molar-refractivity contribution in [3.8, 4) is 0 Å². The van der Waals surface area contributed by atoms with Crippen molar-refractivity contribution >= 4 is 23.3 Å². The number of carboxylic acid groups (broad SMARTS) is 1. The van der Waals surface area contributed by atoms with E-state index in [4.69, 9.17) is 5.11 Å². The van der Waals surface area contributed by atoms with Gasteiger partial charge >= 0.3 is 12.0 Å². The van der Waals surface area contributed by atoms with Gasteiger partial charge < -0.3 is 15.7 Å². The molecule has 100 valence electrons. The Kier molecular flexibility index (Phi) is 5.57. The highest BCUT2D eigenvalue weighted by Crippen LogP contribution is 2.17. The number of hydrogen-bond donors (Lipinski definition) is 3. The zero-order valence-electron chi connectivity index (χ0n) is 10.4. The fourth-order valence-corrected chi connectivity index (χ4v) is 2.07. The number of thiazole rings is 1. The van der Waals surface area contributed by atoms with Crippen molar-refractivity contribution in [1.82, 2.24) is 15.6 Å². The Morgan fingerprint density at radius 3 is 2.72 bits per heavy atom. The fraction of sp³-hybridized carbons (Fsp3) is 0.545. The minimum absolute atomic E-state index is 0.0812. The molecule has 0 saturated heterocycles. The molecule has 7 heteroatoms. The molecule has 0 unspecified atom stereocenters. The zero-order chi connectivity index (χ0) is 13.5. The predicted octanol–water partition coefficient (Wildman–Crippen LogP) is 1.54. The van der Waals surface area contributed by atoms with Gasteiger partial charge in [-0.15, -0.1) is 11.3 Å². The first-order valence-electron chi connectivity index (χ1n) is 5.67. The Balaban J connectivity index is 2.27. The second-order valence-electron chi connectivity index (χ2n) is 4.07. The summed E-state index contributed by atoms with van der Waals surface area (Å²) in [6.07, 6.45) is -0.0812. The number of amides is 2. The third kappa shape index (κ3) is 5.13. The van der Waals surface area contributed by atoms with E-state index in [1.165, 1.54) is 11.3 Å². The lowest BCUT2D eigenvalue weighted by Gasteiger charge is -2.04. The maximum atomic E-state index is 11.3. The van der Waals surface area contributed by atoms with Crippen molar-refractivity contribution in [1.29, 1.82) is 0 Å². The minimum atomic E-state index is -0.934. The molecule has 0 saturated carbocycles. The molecule has 3 N–H and O–H groups in total. The van der Waals surface area contributed by atoms with Crippen LogP contribution in [-0.2, 0) is 11.3 Å². The quantitative estimate of drug-likeness (QED) is 0.732. The van der Waals surface area contributed by atoms with E-state index in [1.807, 2.05) is 5.38 Å². The molecule has 0 aliphatic heterocycles. The predicted molar refractivity (Wildman–Crippen MR) is 68.7 cm³/mol. The number of carbonyl (C=O) groups excluding carboxylic acids is 1. The summed E-state index contributed by atoms with van der Waals surface area (Å²) < 4.78 is 0. The topological polar surface area (TPSA) is 91.3 Å². The van der Waals surface area contributed by atoms with Gasteiger partial charge in [0.1, 0.15) is 5.01 Å². The van der Waals surface area contributed by atoms with Crippen molar-refractivity contribution in [3.05, 3.63) is 16.1 Å². The summed E-state index contributed by atoms with van der Waals surface area (Å²) in [6.45, 7) is 4.60. The highest BCUT2D eigenvalue weighted by Gasteiger charge is 2.07. The van der Waals surface area contributed by atoms with Crippen LogP contribution in [-0.4, -0.2) is 28.6 Å². The summed E-state index contributed by atoms with van der Waals surface area (Å²) in [5.41, 5.74) is 1.02. The Hall–Kier alpha value is -1.63. The van der Waals surface area contributed by atoms with E-state index >= 15 is 0 Å². The molecule has 0 spiro atoms. The van der Waals surface area contributed by atoms with Gasteiger partial charge in [-0.3, -0.25) is 4.79 Å². The lowest BCUT2D eigenvalue weighted by Crippen LogP contribution is -2.36. The van der Waals surface area contributed by atoms with Gasteiger partial charge in [0.05, 0.1) is 18.7 Å². The van der Waals surface area contributed by atoms with Crippen LogP contribution in [0.2, 0.25) is 0 Å². The van der Waals surface area contributed by atoms with E-state index in [1.54, 1.807) is 0 Å². The number of nitrogens with zero attached hydrogens (tertiary/aromatic N) is 1. The fourth-order valence-electron chi connectivity index (χ4n) is 1.17. The van der Waals surface area contributed by atoms with E-state index < -0.39 is 5.97 Å². The van der Waals surface area contributed by atoms with E-state index in [9.17, 15) is 9.59 Å². The van der Waals surface area contributed by atoms with E-state index in [2.05, 4.69) is 29.5 Å². The van der Waals surface area contributed by atoms with Crippen molar-refractivity contribution in [2.75, 3.05) is 6.54 Å². The maximum absolute atomic E-state index is 11.3. The van der Waals surface area contributed by atoms with Crippen molar-refractivity contribution in [2.45, 2.75) is 32.7 Å². The summed E-state index contributed by atoms with van der Waals surface area (Å²) in [6, 6.07) is -0.377. The number of aromatic nitrogens is 1. The first-order valence-corrected chi connectivity index (χ1v) is 6.54. The number of carboxylic acids is 1. The Bertz CT molecular complexity index is 417. The Morgan fingerprint density at radius 2 is 2.17 bits per heavy atom. The number of urea groups is 1. The smallest absolute Gasteiger partial charge is 0.315 e. The van der Waals surface area contributed by atoms with Crippen LogP contribution in [0.15, 0.2) is 5.38 Å². The molecule has 1 rings (SSSR count). The summed E-state index contributed by atoms with van der Waals surface area (Å²) >= 11 is 1.50. The van der Waals surface area contributed by atoms with Crippen LogP contribution in [0.25, 0.3) is 0 Å². The van der Waals surface area contributed by atoms with Gasteiger partial charge in [-0.25, -0.2) is 9.78 Å². The molecule has 1 heterocycles. The van der Waals surface area contributed by atoms with Crippen LogP contribution < -0.4 is 10.6 Å². The first kappa shape index (κ1) is 14.4. The highest BCUT2D eigenvalue weighted by atomic mass is 32.1. The number of rotatable bonds is 6. The van der Waals surface area contributed by atoms with Crippen LogP contribution in [0.5, 0.6) is 0 Å². The molecule has 0 fully saturated rings. The lowest BCUT2D eigenvalue weighted by molar-refractivity contribution is -0.136. The molecule has 0 bridgehead atoms. The molecule has 0 radical (unpaired) electrons. The van der Waals surface area contributed by atoms with E-state index in [0.29, 0.717) is 12.5 Å². The summed E-state index contributed by atoms with van der Waals surface area (Å²) in [4.78, 5) is 25.9. The normalized spacial score (nSPS) is 10.4. The zero-order valence-corrected chi connectivity index (χ0v) is 11.2. The SMILES string of the molecule is CC(C)c1csc(CNC(=O)NCCC(=O)O)n1. The molecule has 6 nitrogen and oxygen atoms in total. The molecule has 0 aliphatic rings. The third-order valence-electron chi connectivity index (χ3n) is 2.19. The van der Waals surface area contributed by atoms with Gasteiger partial charge in [0.2, 0.25) is 0 Å². The average Bonchev–Trinajstić information content (AvgIpc) is 2.74. The largest absolute Gasteiger partial charge is 0.481 e. The molecule has 1 aromatic heterocycles. The molecule has 0 aromatic carbocycles. The highest BCUT2D eigenvalue weighted by molar-refractivity contribution is 7.09. The Morgan fingerprint density at radius 1 is 1.44 bits per heavy atom. The molecule has 0 atom stereocenters. The van der Waals surface area contributed by atoms with Crippen molar-refractivity contribution in [3.63, 3.8) is 0 Å². The summed E-state index contributed by atoms with van der Waals surface area (Å²) in [5, 5.41) is 16.3. The number of carbonyl (C=O) groups is 2.